The van der Waals surface area contributed by atoms with Gasteiger partial charge in [0.05, 0.1) is 32.5 Å². The SMILES string of the molecule is CNC(=O)NCCOCCOCC(O)C(C)CCN. The number of amides is 2. The van der Waals surface area contributed by atoms with Crippen molar-refractivity contribution in [3.8, 4) is 0 Å². The molecule has 7 nitrogen and oxygen atoms in total. The van der Waals surface area contributed by atoms with E-state index in [-0.39, 0.29) is 11.9 Å². The quantitative estimate of drug-likeness (QED) is 0.374. The van der Waals surface area contributed by atoms with Gasteiger partial charge in [-0.2, -0.15) is 0 Å². The molecule has 2 atom stereocenters. The summed E-state index contributed by atoms with van der Waals surface area (Å²) >= 11 is 0. The molecule has 0 aromatic rings. The standard InChI is InChI=1S/C12H27N3O4/c1-10(3-4-13)11(16)9-19-8-7-18-6-5-15-12(17)14-2/h10-11,16H,3-9,13H2,1-2H3,(H2,14,15,17). The zero-order valence-corrected chi connectivity index (χ0v) is 11.9. The van der Waals surface area contributed by atoms with Gasteiger partial charge >= 0.3 is 6.03 Å². The number of carbonyl (C=O) groups excluding carboxylic acids is 1. The van der Waals surface area contributed by atoms with E-state index in [4.69, 9.17) is 15.2 Å². The molecule has 2 unspecified atom stereocenters. The molecule has 0 radical (unpaired) electrons. The summed E-state index contributed by atoms with van der Waals surface area (Å²) in [7, 11) is 1.56. The first kappa shape index (κ1) is 18.1. The van der Waals surface area contributed by atoms with Gasteiger partial charge in [-0.05, 0) is 18.9 Å². The summed E-state index contributed by atoms with van der Waals surface area (Å²) in [6.07, 6.45) is 0.296. The molecule has 0 saturated heterocycles. The van der Waals surface area contributed by atoms with Gasteiger partial charge in [0, 0.05) is 13.6 Å². The summed E-state index contributed by atoms with van der Waals surface area (Å²) in [4.78, 5) is 10.8. The van der Waals surface area contributed by atoms with Crippen LogP contribution in [0, 0.1) is 5.92 Å². The average molecular weight is 277 g/mol. The Bertz CT molecular complexity index is 229. The fourth-order valence-electron chi connectivity index (χ4n) is 1.37. The summed E-state index contributed by atoms with van der Waals surface area (Å²) in [5.74, 6) is 0.141. The van der Waals surface area contributed by atoms with Crippen LogP contribution in [0.1, 0.15) is 13.3 Å². The van der Waals surface area contributed by atoms with E-state index < -0.39 is 6.10 Å². The molecule has 0 heterocycles. The van der Waals surface area contributed by atoms with Crippen LogP contribution in [0.15, 0.2) is 0 Å². The lowest BCUT2D eigenvalue weighted by Crippen LogP contribution is -2.35. The Hall–Kier alpha value is -0.890. The predicted molar refractivity (Wildman–Crippen MR) is 72.9 cm³/mol. The number of carbonyl (C=O) groups is 1. The van der Waals surface area contributed by atoms with E-state index >= 15 is 0 Å². The second-order valence-electron chi connectivity index (χ2n) is 4.32. The van der Waals surface area contributed by atoms with E-state index in [2.05, 4.69) is 10.6 Å². The van der Waals surface area contributed by atoms with Crippen molar-refractivity contribution in [1.82, 2.24) is 10.6 Å². The van der Waals surface area contributed by atoms with Gasteiger partial charge in [0.15, 0.2) is 0 Å². The van der Waals surface area contributed by atoms with Crippen LogP contribution in [0.5, 0.6) is 0 Å². The lowest BCUT2D eigenvalue weighted by atomic mass is 10.0. The van der Waals surface area contributed by atoms with Crippen LogP contribution >= 0.6 is 0 Å². The van der Waals surface area contributed by atoms with Crippen molar-refractivity contribution in [2.24, 2.45) is 11.7 Å². The van der Waals surface area contributed by atoms with Crippen LogP contribution in [0.4, 0.5) is 4.79 Å². The number of nitrogens with two attached hydrogens (primary N) is 1. The molecule has 2 amide bonds. The normalized spacial score (nSPS) is 13.9. The van der Waals surface area contributed by atoms with Gasteiger partial charge in [-0.1, -0.05) is 6.92 Å². The summed E-state index contributed by atoms with van der Waals surface area (Å²) in [6, 6.07) is -0.225. The maximum atomic E-state index is 10.8. The number of urea groups is 1. The Morgan fingerprint density at radius 1 is 1.32 bits per heavy atom. The maximum absolute atomic E-state index is 10.8. The Kier molecular flexibility index (Phi) is 11.6. The summed E-state index contributed by atoms with van der Waals surface area (Å²) in [6.45, 7) is 4.56. The van der Waals surface area contributed by atoms with Crippen molar-refractivity contribution in [1.29, 1.82) is 0 Å². The first-order chi connectivity index (χ1) is 9.11. The maximum Gasteiger partial charge on any atom is 0.314 e. The van der Waals surface area contributed by atoms with Crippen molar-refractivity contribution in [2.45, 2.75) is 19.4 Å². The second kappa shape index (κ2) is 12.2. The van der Waals surface area contributed by atoms with Crippen molar-refractivity contribution < 1.29 is 19.4 Å². The molecule has 0 bridgehead atoms. The third-order valence-corrected chi connectivity index (χ3v) is 2.70. The highest BCUT2D eigenvalue weighted by atomic mass is 16.5. The minimum atomic E-state index is -0.488. The van der Waals surface area contributed by atoms with Gasteiger partial charge < -0.3 is 30.9 Å². The smallest absolute Gasteiger partial charge is 0.314 e. The zero-order chi connectivity index (χ0) is 14.5. The van der Waals surface area contributed by atoms with E-state index in [9.17, 15) is 9.90 Å². The van der Waals surface area contributed by atoms with E-state index in [1.54, 1.807) is 7.05 Å². The average Bonchev–Trinajstić information content (AvgIpc) is 2.41. The highest BCUT2D eigenvalue weighted by molar-refractivity contribution is 5.73. The summed E-state index contributed by atoms with van der Waals surface area (Å²) in [5, 5.41) is 14.7. The lowest BCUT2D eigenvalue weighted by molar-refractivity contribution is -0.0143. The number of hydrogen-bond donors (Lipinski definition) is 4. The molecule has 0 fully saturated rings. The molecule has 0 aromatic carbocycles. The largest absolute Gasteiger partial charge is 0.390 e. The molecule has 0 saturated carbocycles. The zero-order valence-electron chi connectivity index (χ0n) is 11.9. The van der Waals surface area contributed by atoms with Gasteiger partial charge in [-0.25, -0.2) is 4.79 Å². The molecule has 0 aliphatic rings. The molecule has 0 aliphatic carbocycles. The Morgan fingerprint density at radius 2 is 2.00 bits per heavy atom. The first-order valence-corrected chi connectivity index (χ1v) is 6.61. The van der Waals surface area contributed by atoms with Gasteiger partial charge in [-0.3, -0.25) is 0 Å². The highest BCUT2D eigenvalue weighted by Crippen LogP contribution is 2.07. The Labute approximate surface area is 114 Å². The van der Waals surface area contributed by atoms with E-state index in [0.29, 0.717) is 39.5 Å². The van der Waals surface area contributed by atoms with Crippen LogP contribution in [0.25, 0.3) is 0 Å². The number of rotatable bonds is 11. The van der Waals surface area contributed by atoms with Gasteiger partial charge in [0.1, 0.15) is 0 Å². The van der Waals surface area contributed by atoms with Crippen LogP contribution < -0.4 is 16.4 Å². The summed E-state index contributed by atoms with van der Waals surface area (Å²) < 4.78 is 10.5. The molecule has 0 rings (SSSR count). The number of aliphatic hydroxyl groups is 1. The molecular formula is C12H27N3O4. The Morgan fingerprint density at radius 3 is 2.63 bits per heavy atom. The highest BCUT2D eigenvalue weighted by Gasteiger charge is 2.12. The fourth-order valence-corrected chi connectivity index (χ4v) is 1.37. The topological polar surface area (TPSA) is 106 Å². The van der Waals surface area contributed by atoms with Gasteiger partial charge in [0.25, 0.3) is 0 Å². The predicted octanol–water partition coefficient (Wildman–Crippen LogP) is -0.706. The van der Waals surface area contributed by atoms with Gasteiger partial charge in [-0.15, -0.1) is 0 Å². The lowest BCUT2D eigenvalue weighted by Gasteiger charge is -2.18. The van der Waals surface area contributed by atoms with Crippen molar-refractivity contribution in [3.63, 3.8) is 0 Å². The first-order valence-electron chi connectivity index (χ1n) is 6.61. The minimum Gasteiger partial charge on any atom is -0.390 e. The van der Waals surface area contributed by atoms with Crippen LogP contribution in [-0.4, -0.2) is 63.8 Å². The third kappa shape index (κ3) is 10.7. The molecular weight excluding hydrogens is 250 g/mol. The van der Waals surface area contributed by atoms with Crippen molar-refractivity contribution in [3.05, 3.63) is 0 Å². The van der Waals surface area contributed by atoms with Crippen LogP contribution in [0.2, 0.25) is 0 Å². The molecule has 19 heavy (non-hydrogen) atoms. The molecule has 7 heteroatoms. The van der Waals surface area contributed by atoms with E-state index in [1.807, 2.05) is 6.92 Å². The molecule has 0 aromatic heterocycles. The van der Waals surface area contributed by atoms with Crippen molar-refractivity contribution in [2.75, 3.05) is 46.6 Å². The number of aliphatic hydroxyl groups excluding tert-OH is 1. The molecule has 0 spiro atoms. The molecule has 114 valence electrons. The number of ether oxygens (including phenoxy) is 2. The molecule has 0 aliphatic heterocycles. The van der Waals surface area contributed by atoms with E-state index in [0.717, 1.165) is 6.42 Å². The number of nitrogens with one attached hydrogen (secondary N) is 2. The minimum absolute atomic E-state index is 0.141. The summed E-state index contributed by atoms with van der Waals surface area (Å²) in [5.41, 5.74) is 5.42. The van der Waals surface area contributed by atoms with Crippen LogP contribution in [0.3, 0.4) is 0 Å². The van der Waals surface area contributed by atoms with Crippen LogP contribution in [-0.2, 0) is 9.47 Å². The van der Waals surface area contributed by atoms with Gasteiger partial charge in [0.2, 0.25) is 0 Å². The monoisotopic (exact) mass is 277 g/mol. The van der Waals surface area contributed by atoms with E-state index in [1.165, 1.54) is 0 Å². The Balaban J connectivity index is 3.29. The number of hydrogen-bond acceptors (Lipinski definition) is 5. The second-order valence-corrected chi connectivity index (χ2v) is 4.32. The molecule has 5 N–H and O–H groups in total. The third-order valence-electron chi connectivity index (χ3n) is 2.70. The van der Waals surface area contributed by atoms with Crippen molar-refractivity contribution >= 4 is 6.03 Å². The fraction of sp³-hybridized carbons (Fsp3) is 0.917.